The number of benzene rings is 2. The number of hydrogen-bond donors (Lipinski definition) is 2. The van der Waals surface area contributed by atoms with E-state index in [-0.39, 0.29) is 18.4 Å². The molecular weight excluding hydrogens is 376 g/mol. The summed E-state index contributed by atoms with van der Waals surface area (Å²) in [7, 11) is 0. The van der Waals surface area contributed by atoms with Gasteiger partial charge in [0.15, 0.2) is 0 Å². The summed E-state index contributed by atoms with van der Waals surface area (Å²) in [6.45, 7) is 3.33. The van der Waals surface area contributed by atoms with Gasteiger partial charge < -0.3 is 10.6 Å². The van der Waals surface area contributed by atoms with Crippen molar-refractivity contribution in [1.82, 2.24) is 15.1 Å². The van der Waals surface area contributed by atoms with Crippen molar-refractivity contribution in [2.75, 3.05) is 13.1 Å². The van der Waals surface area contributed by atoms with Crippen LogP contribution in [0.25, 0.3) is 11.3 Å². The van der Waals surface area contributed by atoms with Crippen LogP contribution in [0.15, 0.2) is 42.5 Å². The summed E-state index contributed by atoms with van der Waals surface area (Å²) in [5.41, 5.74) is 11.4. The van der Waals surface area contributed by atoms with Crippen LogP contribution < -0.4 is 5.73 Å². The van der Waals surface area contributed by atoms with Crippen molar-refractivity contribution in [3.8, 4) is 23.4 Å². The lowest BCUT2D eigenvalue weighted by Crippen LogP contribution is -2.48. The minimum absolute atomic E-state index is 0.0597. The molecule has 0 atom stereocenters. The van der Waals surface area contributed by atoms with Crippen molar-refractivity contribution in [2.24, 2.45) is 5.73 Å². The Kier molecular flexibility index (Phi) is 5.05. The summed E-state index contributed by atoms with van der Waals surface area (Å²) < 4.78 is 0. The number of nitrogens with one attached hydrogen (secondary N) is 1. The number of nitrogens with zero attached hydrogens (tertiary/aromatic N) is 4. The third-order valence-electron chi connectivity index (χ3n) is 5.57. The second kappa shape index (κ2) is 7.82. The van der Waals surface area contributed by atoms with Gasteiger partial charge in [0.1, 0.15) is 17.3 Å². The third-order valence-corrected chi connectivity index (χ3v) is 5.57. The number of hydrogen-bond acceptors (Lipinski definition) is 5. The molecule has 3 aromatic rings. The zero-order valence-electron chi connectivity index (χ0n) is 16.5. The molecule has 0 bridgehead atoms. The first kappa shape index (κ1) is 19.4. The van der Waals surface area contributed by atoms with Gasteiger partial charge in [-0.25, -0.2) is 0 Å². The van der Waals surface area contributed by atoms with E-state index in [0.29, 0.717) is 46.7 Å². The Balaban J connectivity index is 1.55. The van der Waals surface area contributed by atoms with E-state index in [1.54, 1.807) is 36.1 Å². The van der Waals surface area contributed by atoms with Crippen LogP contribution in [0.4, 0.5) is 0 Å². The van der Waals surface area contributed by atoms with Gasteiger partial charge in [-0.15, -0.1) is 0 Å². The fraction of sp³-hybridized carbons (Fsp3) is 0.217. The van der Waals surface area contributed by atoms with Crippen LogP contribution in [0.5, 0.6) is 0 Å². The molecule has 1 amide bonds. The van der Waals surface area contributed by atoms with E-state index >= 15 is 0 Å². The Morgan fingerprint density at radius 2 is 1.93 bits per heavy atom. The topological polar surface area (TPSA) is 123 Å². The molecule has 7 heteroatoms. The van der Waals surface area contributed by atoms with Gasteiger partial charge in [0.25, 0.3) is 5.91 Å². The second-order valence-corrected chi connectivity index (χ2v) is 7.40. The number of amides is 1. The van der Waals surface area contributed by atoms with Gasteiger partial charge in [0, 0.05) is 36.7 Å². The van der Waals surface area contributed by atoms with Crippen LogP contribution in [0, 0.1) is 29.6 Å². The van der Waals surface area contributed by atoms with Crippen molar-refractivity contribution in [3.05, 3.63) is 76.0 Å². The molecule has 1 fully saturated rings. The van der Waals surface area contributed by atoms with Crippen LogP contribution >= 0.6 is 0 Å². The molecule has 1 aliphatic heterocycles. The van der Waals surface area contributed by atoms with Gasteiger partial charge in [0.05, 0.1) is 17.3 Å². The first-order valence-electron chi connectivity index (χ1n) is 9.63. The lowest BCUT2D eigenvalue weighted by atomic mass is 9.90. The fourth-order valence-corrected chi connectivity index (χ4v) is 3.74. The molecule has 2 aromatic carbocycles. The molecule has 4 rings (SSSR count). The van der Waals surface area contributed by atoms with Crippen LogP contribution in [0.1, 0.15) is 44.2 Å². The van der Waals surface area contributed by atoms with E-state index in [1.165, 1.54) is 0 Å². The molecule has 1 saturated heterocycles. The standard InChI is InChI=1S/C23H20N6O/c1-14-21(11-26)22(28-27-14)20-8-17(6-7-18(20)10-25)23(30)29-12-19(13-29)16-4-2-15(9-24)3-5-16/h2-8,19H,10,12-13,25H2,1H3,(H,27,28). The minimum atomic E-state index is -0.0597. The van der Waals surface area contributed by atoms with E-state index in [9.17, 15) is 10.1 Å². The number of likely N-dealkylation sites (tertiary alicyclic amines) is 1. The molecule has 0 saturated carbocycles. The van der Waals surface area contributed by atoms with Crippen LogP contribution in [-0.2, 0) is 6.54 Å². The highest BCUT2D eigenvalue weighted by Crippen LogP contribution is 2.31. The monoisotopic (exact) mass is 396 g/mol. The SMILES string of the molecule is Cc1[nH]nc(-c2cc(C(=O)N3CC(c4ccc(C#N)cc4)C3)ccc2CN)c1C#N. The second-order valence-electron chi connectivity index (χ2n) is 7.40. The maximum Gasteiger partial charge on any atom is 0.253 e. The van der Waals surface area contributed by atoms with Gasteiger partial charge in [-0.1, -0.05) is 18.2 Å². The van der Waals surface area contributed by atoms with Crippen LogP contribution in [-0.4, -0.2) is 34.1 Å². The lowest BCUT2D eigenvalue weighted by Gasteiger charge is -2.39. The van der Waals surface area contributed by atoms with Crippen molar-refractivity contribution in [1.29, 1.82) is 10.5 Å². The van der Waals surface area contributed by atoms with Crippen LogP contribution in [0.2, 0.25) is 0 Å². The predicted molar refractivity (Wildman–Crippen MR) is 111 cm³/mol. The van der Waals surface area contributed by atoms with E-state index < -0.39 is 0 Å². The van der Waals surface area contributed by atoms with E-state index in [1.807, 2.05) is 18.2 Å². The number of H-pyrrole nitrogens is 1. The highest BCUT2D eigenvalue weighted by atomic mass is 16.2. The number of carbonyl (C=O) groups excluding carboxylic acids is 1. The molecular formula is C23H20N6O. The molecule has 0 radical (unpaired) electrons. The minimum Gasteiger partial charge on any atom is -0.337 e. The summed E-state index contributed by atoms with van der Waals surface area (Å²) >= 11 is 0. The number of aryl methyl sites for hydroxylation is 1. The molecule has 0 aliphatic carbocycles. The van der Waals surface area contributed by atoms with Gasteiger partial charge in [-0.2, -0.15) is 15.6 Å². The zero-order chi connectivity index (χ0) is 21.3. The van der Waals surface area contributed by atoms with E-state index in [2.05, 4.69) is 22.3 Å². The Labute approximate surface area is 174 Å². The fourth-order valence-electron chi connectivity index (χ4n) is 3.74. The smallest absolute Gasteiger partial charge is 0.253 e. The van der Waals surface area contributed by atoms with Crippen LogP contribution in [0.3, 0.4) is 0 Å². The number of nitrogens with two attached hydrogens (primary N) is 1. The third kappa shape index (κ3) is 3.32. The summed E-state index contributed by atoms with van der Waals surface area (Å²) in [5, 5.41) is 25.5. The molecule has 1 aromatic heterocycles. The highest BCUT2D eigenvalue weighted by Gasteiger charge is 2.32. The molecule has 2 heterocycles. The van der Waals surface area contributed by atoms with E-state index in [4.69, 9.17) is 11.0 Å². The van der Waals surface area contributed by atoms with Crippen molar-refractivity contribution < 1.29 is 4.79 Å². The zero-order valence-corrected chi connectivity index (χ0v) is 16.5. The number of nitriles is 2. The molecule has 0 spiro atoms. The van der Waals surface area contributed by atoms with Gasteiger partial charge in [0.2, 0.25) is 0 Å². The summed E-state index contributed by atoms with van der Waals surface area (Å²) in [4.78, 5) is 14.8. The summed E-state index contributed by atoms with van der Waals surface area (Å²) in [6, 6.07) is 17.2. The summed E-state index contributed by atoms with van der Waals surface area (Å²) in [6.07, 6.45) is 0. The first-order chi connectivity index (χ1) is 14.5. The molecule has 3 N–H and O–H groups in total. The van der Waals surface area contributed by atoms with Crippen molar-refractivity contribution in [2.45, 2.75) is 19.4 Å². The van der Waals surface area contributed by atoms with Crippen molar-refractivity contribution >= 4 is 5.91 Å². The highest BCUT2D eigenvalue weighted by molar-refractivity contribution is 5.96. The Morgan fingerprint density at radius 3 is 2.57 bits per heavy atom. The molecule has 30 heavy (non-hydrogen) atoms. The summed E-state index contributed by atoms with van der Waals surface area (Å²) in [5.74, 6) is 0.208. The Hall–Kier alpha value is -3.94. The number of rotatable bonds is 4. The Morgan fingerprint density at radius 1 is 1.20 bits per heavy atom. The first-order valence-corrected chi connectivity index (χ1v) is 9.63. The molecule has 148 valence electrons. The quantitative estimate of drug-likeness (QED) is 0.702. The largest absolute Gasteiger partial charge is 0.337 e. The van der Waals surface area contributed by atoms with Gasteiger partial charge >= 0.3 is 0 Å². The number of aromatic nitrogens is 2. The predicted octanol–water partition coefficient (Wildman–Crippen LogP) is 2.83. The number of aromatic amines is 1. The molecule has 0 unspecified atom stereocenters. The normalized spacial score (nSPS) is 13.4. The van der Waals surface area contributed by atoms with E-state index in [0.717, 1.165) is 11.1 Å². The van der Waals surface area contributed by atoms with Gasteiger partial charge in [-0.05, 0) is 42.3 Å². The average molecular weight is 396 g/mol. The molecule has 1 aliphatic rings. The average Bonchev–Trinajstić information content (AvgIpc) is 3.12. The Bertz CT molecular complexity index is 1190. The van der Waals surface area contributed by atoms with Crippen molar-refractivity contribution in [3.63, 3.8) is 0 Å². The number of carbonyl (C=O) groups is 1. The lowest BCUT2D eigenvalue weighted by molar-refractivity contribution is 0.0602. The maximum atomic E-state index is 13.0. The molecule has 7 nitrogen and oxygen atoms in total. The maximum absolute atomic E-state index is 13.0. The van der Waals surface area contributed by atoms with Gasteiger partial charge in [-0.3, -0.25) is 9.89 Å².